The van der Waals surface area contributed by atoms with Gasteiger partial charge in [0.25, 0.3) is 5.91 Å². The minimum Gasteiger partial charge on any atom is -0.350 e. The predicted octanol–water partition coefficient (Wildman–Crippen LogP) is 4.27. The first-order valence-corrected chi connectivity index (χ1v) is 9.27. The molecule has 0 unspecified atom stereocenters. The Morgan fingerprint density at radius 2 is 1.89 bits per heavy atom. The minimum atomic E-state index is -0.160. The van der Waals surface area contributed by atoms with Crippen LogP contribution in [0, 0.1) is 0 Å². The van der Waals surface area contributed by atoms with E-state index in [-0.39, 0.29) is 11.7 Å². The average molecular weight is 375 g/mol. The molecule has 2 aromatic carbocycles. The zero-order chi connectivity index (χ0) is 19.0. The fourth-order valence-corrected chi connectivity index (χ4v) is 3.83. The van der Waals surface area contributed by atoms with Crippen molar-refractivity contribution in [2.45, 2.75) is 6.92 Å². The third-order valence-corrected chi connectivity index (χ3v) is 5.28. The second-order valence-corrected chi connectivity index (χ2v) is 7.33. The molecule has 6 heteroatoms. The number of nitrogens with zero attached hydrogens (tertiary/aromatic N) is 2. The van der Waals surface area contributed by atoms with E-state index < -0.39 is 0 Å². The van der Waals surface area contributed by atoms with Crippen molar-refractivity contribution >= 4 is 51.3 Å². The lowest BCUT2D eigenvalue weighted by atomic mass is 10.1. The van der Waals surface area contributed by atoms with Gasteiger partial charge < -0.3 is 9.88 Å². The zero-order valence-electron chi connectivity index (χ0n) is 14.9. The van der Waals surface area contributed by atoms with Crippen molar-refractivity contribution in [2.24, 2.45) is 12.0 Å². The maximum Gasteiger partial charge on any atom is 0.264 e. The Morgan fingerprint density at radius 1 is 1.15 bits per heavy atom. The van der Waals surface area contributed by atoms with Gasteiger partial charge in [0, 0.05) is 35.3 Å². The van der Waals surface area contributed by atoms with Crippen LogP contribution in [0.2, 0.25) is 0 Å². The van der Waals surface area contributed by atoms with Crippen molar-refractivity contribution < 1.29 is 9.59 Å². The first-order valence-electron chi connectivity index (χ1n) is 8.46. The first-order chi connectivity index (χ1) is 13.0. The number of aryl methyl sites for hydroxylation is 1. The van der Waals surface area contributed by atoms with E-state index >= 15 is 0 Å². The van der Waals surface area contributed by atoms with E-state index in [1.807, 2.05) is 42.1 Å². The molecule has 0 spiro atoms. The summed E-state index contributed by atoms with van der Waals surface area (Å²) in [5.41, 5.74) is 3.44. The highest BCUT2D eigenvalue weighted by molar-refractivity contribution is 8.18. The Balaban J connectivity index is 1.62. The second-order valence-electron chi connectivity index (χ2n) is 6.30. The lowest BCUT2D eigenvalue weighted by molar-refractivity contribution is -0.115. The maximum atomic E-state index is 12.3. The van der Waals surface area contributed by atoms with E-state index in [2.05, 4.69) is 16.4 Å². The van der Waals surface area contributed by atoms with Crippen LogP contribution in [-0.4, -0.2) is 21.4 Å². The minimum absolute atomic E-state index is 0.0121. The molecule has 0 aliphatic carbocycles. The van der Waals surface area contributed by atoms with E-state index in [0.717, 1.165) is 16.5 Å². The summed E-state index contributed by atoms with van der Waals surface area (Å²) in [6, 6.07) is 15.1. The highest BCUT2D eigenvalue weighted by Gasteiger charge is 2.24. The zero-order valence-corrected chi connectivity index (χ0v) is 15.7. The van der Waals surface area contributed by atoms with Crippen LogP contribution < -0.4 is 5.32 Å². The summed E-state index contributed by atoms with van der Waals surface area (Å²) in [5, 5.41) is 4.43. The van der Waals surface area contributed by atoms with Gasteiger partial charge in [-0.1, -0.05) is 18.2 Å². The SMILES string of the molecule is CC(=O)c1ccc(N=C2NC(=O)/C(=C/c3cn(C)c4ccccc34)S2)cc1. The number of rotatable bonds is 3. The van der Waals surface area contributed by atoms with Gasteiger partial charge >= 0.3 is 0 Å². The van der Waals surface area contributed by atoms with Gasteiger partial charge in [-0.2, -0.15) is 0 Å². The molecule has 1 aromatic heterocycles. The van der Waals surface area contributed by atoms with Gasteiger partial charge in [0.2, 0.25) is 0 Å². The lowest BCUT2D eigenvalue weighted by Crippen LogP contribution is -2.19. The van der Waals surface area contributed by atoms with Gasteiger partial charge in [0.15, 0.2) is 11.0 Å². The number of para-hydroxylation sites is 1. The Morgan fingerprint density at radius 3 is 2.63 bits per heavy atom. The third-order valence-electron chi connectivity index (χ3n) is 4.37. The summed E-state index contributed by atoms with van der Waals surface area (Å²) >= 11 is 1.31. The molecule has 0 saturated carbocycles. The molecular formula is C21H17N3O2S. The molecule has 3 aromatic rings. The monoisotopic (exact) mass is 375 g/mol. The number of ketones is 1. The number of carbonyl (C=O) groups excluding carboxylic acids is 2. The number of fused-ring (bicyclic) bond motifs is 1. The van der Waals surface area contributed by atoms with Crippen LogP contribution >= 0.6 is 11.8 Å². The fraction of sp³-hybridized carbons (Fsp3) is 0.0952. The van der Waals surface area contributed by atoms with Crippen molar-refractivity contribution in [1.29, 1.82) is 0 Å². The van der Waals surface area contributed by atoms with Crippen LogP contribution in [-0.2, 0) is 11.8 Å². The van der Waals surface area contributed by atoms with E-state index in [1.165, 1.54) is 18.7 Å². The smallest absolute Gasteiger partial charge is 0.264 e. The van der Waals surface area contributed by atoms with E-state index in [1.54, 1.807) is 24.3 Å². The molecule has 0 bridgehead atoms. The van der Waals surface area contributed by atoms with E-state index in [9.17, 15) is 9.59 Å². The molecule has 1 aliphatic rings. The van der Waals surface area contributed by atoms with E-state index in [0.29, 0.717) is 21.3 Å². The summed E-state index contributed by atoms with van der Waals surface area (Å²) in [5.74, 6) is -0.148. The number of thioether (sulfide) groups is 1. The van der Waals surface area contributed by atoms with Gasteiger partial charge in [0.05, 0.1) is 10.6 Å². The van der Waals surface area contributed by atoms with E-state index in [4.69, 9.17) is 0 Å². The van der Waals surface area contributed by atoms with Gasteiger partial charge in [-0.25, -0.2) is 4.99 Å². The number of hydrogen-bond donors (Lipinski definition) is 1. The number of carbonyl (C=O) groups is 2. The van der Waals surface area contributed by atoms with Gasteiger partial charge in [-0.3, -0.25) is 9.59 Å². The van der Waals surface area contributed by atoms with Crippen LogP contribution in [0.25, 0.3) is 17.0 Å². The Hall–Kier alpha value is -3.12. The normalized spacial score (nSPS) is 17.0. The molecule has 1 amide bonds. The first kappa shape index (κ1) is 17.3. The largest absolute Gasteiger partial charge is 0.350 e. The number of nitrogens with one attached hydrogen (secondary N) is 1. The van der Waals surface area contributed by atoms with Crippen molar-refractivity contribution in [3.63, 3.8) is 0 Å². The summed E-state index contributed by atoms with van der Waals surface area (Å²) in [6.07, 6.45) is 3.91. The van der Waals surface area contributed by atoms with Crippen LogP contribution in [0.3, 0.4) is 0 Å². The number of aromatic nitrogens is 1. The number of Topliss-reactive ketones (excluding diaryl/α,β-unsaturated/α-hetero) is 1. The third kappa shape index (κ3) is 3.44. The Bertz CT molecular complexity index is 1120. The quantitative estimate of drug-likeness (QED) is 0.549. The van der Waals surface area contributed by atoms with Crippen LogP contribution in [0.1, 0.15) is 22.8 Å². The molecular weight excluding hydrogens is 358 g/mol. The summed E-state index contributed by atoms with van der Waals surface area (Å²) < 4.78 is 2.05. The molecule has 134 valence electrons. The molecule has 1 N–H and O–H groups in total. The van der Waals surface area contributed by atoms with Crippen LogP contribution in [0.15, 0.2) is 64.6 Å². The lowest BCUT2D eigenvalue weighted by Gasteiger charge is -1.98. The molecule has 1 saturated heterocycles. The van der Waals surface area contributed by atoms with Gasteiger partial charge in [0.1, 0.15) is 0 Å². The van der Waals surface area contributed by atoms with Crippen LogP contribution in [0.4, 0.5) is 5.69 Å². The number of hydrogen-bond acceptors (Lipinski definition) is 4. The number of amidine groups is 1. The van der Waals surface area contributed by atoms with Crippen molar-refractivity contribution in [3.05, 3.63) is 70.8 Å². The highest BCUT2D eigenvalue weighted by atomic mass is 32.2. The molecule has 1 fully saturated rings. The molecule has 4 rings (SSSR count). The number of aliphatic imine (C=N–C) groups is 1. The van der Waals surface area contributed by atoms with Crippen molar-refractivity contribution in [1.82, 2.24) is 9.88 Å². The summed E-state index contributed by atoms with van der Waals surface area (Å²) in [4.78, 5) is 28.7. The number of benzene rings is 2. The van der Waals surface area contributed by atoms with Gasteiger partial charge in [-0.15, -0.1) is 0 Å². The second kappa shape index (κ2) is 6.89. The predicted molar refractivity (Wildman–Crippen MR) is 110 cm³/mol. The molecule has 0 radical (unpaired) electrons. The average Bonchev–Trinajstić information content (AvgIpc) is 3.16. The maximum absolute atomic E-state index is 12.3. The topological polar surface area (TPSA) is 63.5 Å². The van der Waals surface area contributed by atoms with Crippen molar-refractivity contribution in [3.8, 4) is 0 Å². The van der Waals surface area contributed by atoms with Crippen molar-refractivity contribution in [2.75, 3.05) is 0 Å². The van der Waals surface area contributed by atoms with Crippen LogP contribution in [0.5, 0.6) is 0 Å². The Labute approximate surface area is 160 Å². The molecule has 5 nitrogen and oxygen atoms in total. The molecule has 27 heavy (non-hydrogen) atoms. The van der Waals surface area contributed by atoms with Gasteiger partial charge in [-0.05, 0) is 55.1 Å². The molecule has 1 aliphatic heterocycles. The Kier molecular flexibility index (Phi) is 4.41. The summed E-state index contributed by atoms with van der Waals surface area (Å²) in [6.45, 7) is 1.53. The highest BCUT2D eigenvalue weighted by Crippen LogP contribution is 2.30. The summed E-state index contributed by atoms with van der Waals surface area (Å²) in [7, 11) is 1.99. The molecule has 2 heterocycles. The fourth-order valence-electron chi connectivity index (χ4n) is 3.00. The number of amides is 1. The molecule has 0 atom stereocenters. The standard InChI is InChI=1S/C21H17N3O2S/c1-13(25)14-7-9-16(10-8-14)22-21-23-20(26)19(27-21)11-15-12-24(2)18-6-4-3-5-17(15)18/h3-12H,1-2H3,(H,22,23,26)/b19-11-.